The van der Waals surface area contributed by atoms with Crippen LogP contribution in [0.25, 0.3) is 0 Å². The van der Waals surface area contributed by atoms with Crippen LogP contribution in [0.4, 0.5) is 5.69 Å². The summed E-state index contributed by atoms with van der Waals surface area (Å²) in [5.41, 5.74) is 2.87. The molecule has 0 radical (unpaired) electrons. The maximum Gasteiger partial charge on any atom is 0.234 e. The zero-order valence-electron chi connectivity index (χ0n) is 16.1. The fourth-order valence-corrected chi connectivity index (χ4v) is 6.10. The van der Waals surface area contributed by atoms with E-state index in [1.165, 1.54) is 23.4 Å². The van der Waals surface area contributed by atoms with Crippen molar-refractivity contribution in [2.24, 2.45) is 5.92 Å². The second-order valence-corrected chi connectivity index (χ2v) is 10.5. The standard InChI is InChI=1S/C21H22N2O4S2/c1-14(21(25)23-9-8-15-4-2-3-5-16(15)11-23)13-29(26,27)17-6-7-19-18(10-17)22-20(24)12-28-19/h2-7,10,14H,8-9,11-13H2,1H3,(H,22,24)/t14-/m0/s1. The minimum atomic E-state index is -3.66. The largest absolute Gasteiger partial charge is 0.338 e. The Labute approximate surface area is 174 Å². The SMILES string of the molecule is C[C@@H](CS(=O)(=O)c1ccc2c(c1)NC(=O)CS2)C(=O)N1CCc2ccccc2C1. The maximum absolute atomic E-state index is 12.9. The third-order valence-electron chi connectivity index (χ3n) is 5.28. The summed E-state index contributed by atoms with van der Waals surface area (Å²) in [6.07, 6.45) is 0.781. The summed E-state index contributed by atoms with van der Waals surface area (Å²) in [6.45, 7) is 2.78. The van der Waals surface area contributed by atoms with Crippen molar-refractivity contribution < 1.29 is 18.0 Å². The molecule has 0 aliphatic carbocycles. The minimum Gasteiger partial charge on any atom is -0.338 e. The lowest BCUT2D eigenvalue weighted by Crippen LogP contribution is -2.40. The van der Waals surface area contributed by atoms with Crippen LogP contribution in [0.15, 0.2) is 52.3 Å². The molecule has 152 valence electrons. The monoisotopic (exact) mass is 430 g/mol. The number of hydrogen-bond donors (Lipinski definition) is 1. The van der Waals surface area contributed by atoms with Crippen molar-refractivity contribution in [3.8, 4) is 0 Å². The van der Waals surface area contributed by atoms with E-state index in [1.54, 1.807) is 24.0 Å². The lowest BCUT2D eigenvalue weighted by Gasteiger charge is -2.31. The Bertz CT molecular complexity index is 1080. The Morgan fingerprint density at radius 3 is 2.76 bits per heavy atom. The third kappa shape index (κ3) is 4.18. The number of hydrogen-bond acceptors (Lipinski definition) is 5. The van der Waals surface area contributed by atoms with Crippen LogP contribution in [0.2, 0.25) is 0 Å². The molecule has 2 aliphatic heterocycles. The van der Waals surface area contributed by atoms with Gasteiger partial charge in [0.15, 0.2) is 9.84 Å². The van der Waals surface area contributed by atoms with Crippen molar-refractivity contribution in [2.75, 3.05) is 23.4 Å². The molecule has 2 aliphatic rings. The molecule has 0 saturated heterocycles. The number of amides is 2. The van der Waals surface area contributed by atoms with Crippen LogP contribution < -0.4 is 5.32 Å². The van der Waals surface area contributed by atoms with Crippen LogP contribution in [0.5, 0.6) is 0 Å². The van der Waals surface area contributed by atoms with Crippen molar-refractivity contribution >= 4 is 39.1 Å². The van der Waals surface area contributed by atoms with Crippen LogP contribution in [0.1, 0.15) is 18.1 Å². The van der Waals surface area contributed by atoms with Gasteiger partial charge in [-0.05, 0) is 35.7 Å². The summed E-state index contributed by atoms with van der Waals surface area (Å²) in [4.78, 5) is 27.2. The Hall–Kier alpha value is -2.32. The van der Waals surface area contributed by atoms with E-state index >= 15 is 0 Å². The van der Waals surface area contributed by atoms with Gasteiger partial charge in [-0.1, -0.05) is 31.2 Å². The van der Waals surface area contributed by atoms with Gasteiger partial charge in [-0.2, -0.15) is 0 Å². The average molecular weight is 431 g/mol. The molecule has 0 bridgehead atoms. The number of nitrogens with one attached hydrogen (secondary N) is 1. The third-order valence-corrected chi connectivity index (χ3v) is 8.26. The van der Waals surface area contributed by atoms with E-state index in [4.69, 9.17) is 0 Å². The lowest BCUT2D eigenvalue weighted by molar-refractivity contribution is -0.135. The average Bonchev–Trinajstić information content (AvgIpc) is 2.72. The maximum atomic E-state index is 12.9. The quantitative estimate of drug-likeness (QED) is 0.806. The van der Waals surface area contributed by atoms with Gasteiger partial charge in [0.1, 0.15) is 0 Å². The number of nitrogens with zero attached hydrogens (tertiary/aromatic N) is 1. The predicted molar refractivity (Wildman–Crippen MR) is 113 cm³/mol. The highest BCUT2D eigenvalue weighted by Crippen LogP contribution is 2.33. The Morgan fingerprint density at radius 2 is 1.97 bits per heavy atom. The number of carbonyl (C=O) groups excluding carboxylic acids is 2. The second-order valence-electron chi connectivity index (χ2n) is 7.46. The van der Waals surface area contributed by atoms with Crippen molar-refractivity contribution in [3.63, 3.8) is 0 Å². The van der Waals surface area contributed by atoms with Crippen LogP contribution in [0.3, 0.4) is 0 Å². The highest BCUT2D eigenvalue weighted by atomic mass is 32.2. The molecule has 2 amide bonds. The molecule has 2 heterocycles. The molecule has 6 nitrogen and oxygen atoms in total. The summed E-state index contributed by atoms with van der Waals surface area (Å²) in [6, 6.07) is 12.8. The van der Waals surface area contributed by atoms with E-state index in [2.05, 4.69) is 11.4 Å². The fourth-order valence-electron chi connectivity index (χ4n) is 3.75. The van der Waals surface area contributed by atoms with E-state index in [9.17, 15) is 18.0 Å². The van der Waals surface area contributed by atoms with Gasteiger partial charge < -0.3 is 10.2 Å². The van der Waals surface area contributed by atoms with Gasteiger partial charge in [0, 0.05) is 23.9 Å². The van der Waals surface area contributed by atoms with E-state index in [-0.39, 0.29) is 22.5 Å². The molecular weight excluding hydrogens is 408 g/mol. The minimum absolute atomic E-state index is 0.127. The normalized spacial score (nSPS) is 17.1. The summed E-state index contributed by atoms with van der Waals surface area (Å²) < 4.78 is 25.8. The summed E-state index contributed by atoms with van der Waals surface area (Å²) in [5.74, 6) is -0.880. The van der Waals surface area contributed by atoms with Gasteiger partial charge in [-0.15, -0.1) is 11.8 Å². The molecule has 2 aromatic carbocycles. The summed E-state index contributed by atoms with van der Waals surface area (Å²) in [7, 11) is -3.66. The Balaban J connectivity index is 1.47. The van der Waals surface area contributed by atoms with Crippen LogP contribution in [0, 0.1) is 5.92 Å². The van der Waals surface area contributed by atoms with Gasteiger partial charge in [0.25, 0.3) is 0 Å². The molecule has 0 unspecified atom stereocenters. The first kappa shape index (κ1) is 20.0. The molecule has 1 N–H and O–H groups in total. The molecule has 29 heavy (non-hydrogen) atoms. The van der Waals surface area contributed by atoms with Crippen LogP contribution in [-0.4, -0.2) is 43.2 Å². The molecule has 0 aromatic heterocycles. The fraction of sp³-hybridized carbons (Fsp3) is 0.333. The van der Waals surface area contributed by atoms with E-state index in [0.29, 0.717) is 24.5 Å². The van der Waals surface area contributed by atoms with E-state index < -0.39 is 15.8 Å². The van der Waals surface area contributed by atoms with E-state index in [0.717, 1.165) is 16.9 Å². The number of sulfone groups is 1. The summed E-state index contributed by atoms with van der Waals surface area (Å²) >= 11 is 1.38. The first-order chi connectivity index (χ1) is 13.8. The number of carbonyl (C=O) groups is 2. The molecule has 0 saturated carbocycles. The van der Waals surface area contributed by atoms with E-state index in [1.807, 2.05) is 18.2 Å². The second kappa shape index (κ2) is 7.84. The Morgan fingerprint density at radius 1 is 1.21 bits per heavy atom. The smallest absolute Gasteiger partial charge is 0.234 e. The van der Waals surface area contributed by atoms with Crippen molar-refractivity contribution in [3.05, 3.63) is 53.6 Å². The topological polar surface area (TPSA) is 83.5 Å². The number of fused-ring (bicyclic) bond motifs is 2. The van der Waals surface area contributed by atoms with Crippen LogP contribution in [-0.2, 0) is 32.4 Å². The lowest BCUT2D eigenvalue weighted by atomic mass is 9.99. The number of rotatable bonds is 4. The molecule has 2 aromatic rings. The predicted octanol–water partition coefficient (Wildman–Crippen LogP) is 2.73. The molecule has 8 heteroatoms. The molecular formula is C21H22N2O4S2. The van der Waals surface area contributed by atoms with Gasteiger partial charge in [0.05, 0.1) is 22.1 Å². The van der Waals surface area contributed by atoms with Crippen molar-refractivity contribution in [1.82, 2.24) is 4.90 Å². The zero-order chi connectivity index (χ0) is 20.6. The number of benzene rings is 2. The van der Waals surface area contributed by atoms with Gasteiger partial charge >= 0.3 is 0 Å². The summed E-state index contributed by atoms with van der Waals surface area (Å²) in [5, 5.41) is 2.71. The molecule has 0 fully saturated rings. The Kier molecular flexibility index (Phi) is 5.40. The first-order valence-electron chi connectivity index (χ1n) is 9.48. The highest BCUT2D eigenvalue weighted by molar-refractivity contribution is 8.00. The van der Waals surface area contributed by atoms with Crippen molar-refractivity contribution in [1.29, 1.82) is 0 Å². The first-order valence-corrected chi connectivity index (χ1v) is 12.1. The van der Waals surface area contributed by atoms with Crippen LogP contribution >= 0.6 is 11.8 Å². The number of anilines is 1. The van der Waals surface area contributed by atoms with Gasteiger partial charge in [-0.3, -0.25) is 9.59 Å². The van der Waals surface area contributed by atoms with Gasteiger partial charge in [0.2, 0.25) is 11.8 Å². The molecule has 0 spiro atoms. The van der Waals surface area contributed by atoms with Gasteiger partial charge in [-0.25, -0.2) is 8.42 Å². The highest BCUT2D eigenvalue weighted by Gasteiger charge is 2.29. The molecule has 4 rings (SSSR count). The zero-order valence-corrected chi connectivity index (χ0v) is 17.7. The number of thioether (sulfide) groups is 1. The van der Waals surface area contributed by atoms with Crippen molar-refractivity contribution in [2.45, 2.75) is 29.7 Å². The molecule has 1 atom stereocenters.